The van der Waals surface area contributed by atoms with E-state index >= 15 is 0 Å². The molecule has 1 unspecified atom stereocenters. The van der Waals surface area contributed by atoms with Gasteiger partial charge in [-0.25, -0.2) is 0 Å². The van der Waals surface area contributed by atoms with Crippen molar-refractivity contribution < 1.29 is 4.79 Å². The Kier molecular flexibility index (Phi) is 4.26. The number of halogens is 1. The zero-order chi connectivity index (χ0) is 14.9. The van der Waals surface area contributed by atoms with Crippen molar-refractivity contribution in [1.29, 1.82) is 0 Å². The first-order valence-corrected chi connectivity index (χ1v) is 8.65. The van der Waals surface area contributed by atoms with Gasteiger partial charge in [0.2, 0.25) is 5.91 Å². The number of amides is 1. The average Bonchev–Trinajstić information content (AvgIpc) is 2.90. The van der Waals surface area contributed by atoms with Crippen molar-refractivity contribution in [3.63, 3.8) is 0 Å². The lowest BCUT2D eigenvalue weighted by Crippen LogP contribution is -2.21. The molecule has 1 aliphatic heterocycles. The van der Waals surface area contributed by atoms with Crippen LogP contribution in [0, 0.1) is 5.41 Å². The molecule has 3 rings (SSSR count). The summed E-state index contributed by atoms with van der Waals surface area (Å²) in [5.74, 6) is 0.129. The minimum absolute atomic E-state index is 0.0919. The standard InChI is InChI=1S/C18H24ClNO/c1-2-18(10-3-4-11-18)17(19)14-8-9-15-13(12-14)6-5-7-16(21)20-15/h8-9,12,17H,2-7,10-11H2,1H3,(H,20,21). The molecular formula is C18H24ClNO. The number of carbonyl (C=O) groups excluding carboxylic acids is 1. The highest BCUT2D eigenvalue weighted by Gasteiger charge is 2.39. The molecule has 0 spiro atoms. The number of carbonyl (C=O) groups is 1. The molecule has 1 aliphatic carbocycles. The Morgan fingerprint density at radius 3 is 2.71 bits per heavy atom. The minimum atomic E-state index is 0.0919. The molecule has 3 heteroatoms. The predicted octanol–water partition coefficient (Wildman–Crippen LogP) is 5.21. The van der Waals surface area contributed by atoms with Crippen LogP contribution in [0.2, 0.25) is 0 Å². The van der Waals surface area contributed by atoms with Gasteiger partial charge in [0.05, 0.1) is 5.38 Å². The quantitative estimate of drug-likeness (QED) is 0.763. The smallest absolute Gasteiger partial charge is 0.224 e. The number of benzene rings is 1. The summed E-state index contributed by atoms with van der Waals surface area (Å²) < 4.78 is 0. The van der Waals surface area contributed by atoms with Crippen molar-refractivity contribution in [3.8, 4) is 0 Å². The molecule has 1 saturated carbocycles. The summed E-state index contributed by atoms with van der Waals surface area (Å²) in [5, 5.41) is 3.09. The molecule has 1 aromatic carbocycles. The van der Waals surface area contributed by atoms with Crippen molar-refractivity contribution in [2.24, 2.45) is 5.41 Å². The van der Waals surface area contributed by atoms with Crippen LogP contribution in [0.4, 0.5) is 5.69 Å². The summed E-state index contributed by atoms with van der Waals surface area (Å²) in [5.41, 5.74) is 3.72. The van der Waals surface area contributed by atoms with E-state index in [4.69, 9.17) is 11.6 Å². The minimum Gasteiger partial charge on any atom is -0.326 e. The summed E-state index contributed by atoms with van der Waals surface area (Å²) in [4.78, 5) is 11.6. The molecule has 1 aromatic rings. The molecule has 0 saturated heterocycles. The van der Waals surface area contributed by atoms with E-state index in [1.54, 1.807) is 0 Å². The second-order valence-corrected chi connectivity index (χ2v) is 7.04. The zero-order valence-corrected chi connectivity index (χ0v) is 13.5. The molecule has 1 amide bonds. The largest absolute Gasteiger partial charge is 0.326 e. The number of fused-ring (bicyclic) bond motifs is 1. The van der Waals surface area contributed by atoms with E-state index < -0.39 is 0 Å². The van der Waals surface area contributed by atoms with E-state index in [1.165, 1.54) is 36.8 Å². The van der Waals surface area contributed by atoms with Gasteiger partial charge >= 0.3 is 0 Å². The molecule has 1 fully saturated rings. The Hall–Kier alpha value is -1.02. The summed E-state index contributed by atoms with van der Waals surface area (Å²) >= 11 is 6.89. The van der Waals surface area contributed by atoms with Crippen LogP contribution in [0.5, 0.6) is 0 Å². The molecule has 1 atom stereocenters. The van der Waals surface area contributed by atoms with Crippen LogP contribution >= 0.6 is 11.6 Å². The number of rotatable bonds is 3. The van der Waals surface area contributed by atoms with Gasteiger partial charge in [0.25, 0.3) is 0 Å². The van der Waals surface area contributed by atoms with E-state index in [9.17, 15) is 4.79 Å². The zero-order valence-electron chi connectivity index (χ0n) is 12.8. The van der Waals surface area contributed by atoms with Gasteiger partial charge in [-0.05, 0) is 54.7 Å². The highest BCUT2D eigenvalue weighted by molar-refractivity contribution is 6.21. The third-order valence-corrected chi connectivity index (χ3v) is 6.10. The Morgan fingerprint density at radius 2 is 2.00 bits per heavy atom. The van der Waals surface area contributed by atoms with Crippen LogP contribution in [-0.2, 0) is 11.2 Å². The second kappa shape index (κ2) is 6.00. The molecule has 2 aliphatic rings. The van der Waals surface area contributed by atoms with Gasteiger partial charge in [0, 0.05) is 12.1 Å². The Labute approximate surface area is 132 Å². The second-order valence-electron chi connectivity index (χ2n) is 6.60. The van der Waals surface area contributed by atoms with Gasteiger partial charge < -0.3 is 5.32 Å². The van der Waals surface area contributed by atoms with Crippen LogP contribution in [0.15, 0.2) is 18.2 Å². The van der Waals surface area contributed by atoms with Gasteiger partial charge in [-0.15, -0.1) is 11.6 Å². The van der Waals surface area contributed by atoms with E-state index in [1.807, 2.05) is 6.07 Å². The Bertz CT molecular complexity index is 534. The maximum absolute atomic E-state index is 11.6. The maximum Gasteiger partial charge on any atom is 0.224 e. The number of anilines is 1. The fraction of sp³-hybridized carbons (Fsp3) is 0.611. The highest BCUT2D eigenvalue weighted by atomic mass is 35.5. The van der Waals surface area contributed by atoms with Crippen LogP contribution in [-0.4, -0.2) is 5.91 Å². The number of hydrogen-bond donors (Lipinski definition) is 1. The lowest BCUT2D eigenvalue weighted by molar-refractivity contribution is -0.116. The van der Waals surface area contributed by atoms with Crippen LogP contribution in [0.3, 0.4) is 0 Å². The SMILES string of the molecule is CCC1(C(Cl)c2ccc3c(c2)CCCC(=O)N3)CCCC1. The van der Waals surface area contributed by atoms with E-state index in [0.717, 1.165) is 24.9 Å². The van der Waals surface area contributed by atoms with Crippen molar-refractivity contribution in [2.75, 3.05) is 5.32 Å². The molecule has 1 N–H and O–H groups in total. The third kappa shape index (κ3) is 2.83. The molecule has 2 nitrogen and oxygen atoms in total. The fourth-order valence-corrected chi connectivity index (χ4v) is 4.48. The van der Waals surface area contributed by atoms with Gasteiger partial charge in [-0.3, -0.25) is 4.79 Å². The van der Waals surface area contributed by atoms with Gasteiger partial charge in [0.15, 0.2) is 0 Å². The average molecular weight is 306 g/mol. The maximum atomic E-state index is 11.6. The van der Waals surface area contributed by atoms with Crippen molar-refractivity contribution >= 4 is 23.2 Å². The molecule has 114 valence electrons. The van der Waals surface area contributed by atoms with Crippen molar-refractivity contribution in [2.45, 2.75) is 63.7 Å². The third-order valence-electron chi connectivity index (χ3n) is 5.39. The number of hydrogen-bond acceptors (Lipinski definition) is 1. The number of nitrogens with one attached hydrogen (secondary N) is 1. The lowest BCUT2D eigenvalue weighted by Gasteiger charge is -2.33. The lowest BCUT2D eigenvalue weighted by atomic mass is 9.77. The highest BCUT2D eigenvalue weighted by Crippen LogP contribution is 2.53. The topological polar surface area (TPSA) is 29.1 Å². The molecule has 1 heterocycles. The summed E-state index contributed by atoms with van der Waals surface area (Å²) in [6, 6.07) is 6.38. The Morgan fingerprint density at radius 1 is 1.24 bits per heavy atom. The molecule has 0 bridgehead atoms. The first kappa shape index (κ1) is 14.9. The van der Waals surface area contributed by atoms with Crippen LogP contribution in [0.1, 0.15) is 68.4 Å². The first-order valence-electron chi connectivity index (χ1n) is 8.21. The summed E-state index contributed by atoms with van der Waals surface area (Å²) in [6.45, 7) is 2.27. The number of aryl methyl sites for hydroxylation is 1. The Balaban J connectivity index is 1.89. The molecular weight excluding hydrogens is 282 g/mol. The normalized spacial score (nSPS) is 22.3. The van der Waals surface area contributed by atoms with E-state index in [-0.39, 0.29) is 16.7 Å². The van der Waals surface area contributed by atoms with Gasteiger partial charge in [-0.1, -0.05) is 31.9 Å². The number of alkyl halides is 1. The molecule has 21 heavy (non-hydrogen) atoms. The van der Waals surface area contributed by atoms with E-state index in [2.05, 4.69) is 24.4 Å². The van der Waals surface area contributed by atoms with Gasteiger partial charge in [-0.2, -0.15) is 0 Å². The molecule has 0 aromatic heterocycles. The van der Waals surface area contributed by atoms with Crippen molar-refractivity contribution in [1.82, 2.24) is 0 Å². The monoisotopic (exact) mass is 305 g/mol. The summed E-state index contributed by atoms with van der Waals surface area (Å²) in [7, 11) is 0. The summed E-state index contributed by atoms with van der Waals surface area (Å²) in [6.07, 6.45) is 8.74. The van der Waals surface area contributed by atoms with E-state index in [0.29, 0.717) is 6.42 Å². The van der Waals surface area contributed by atoms with Crippen LogP contribution < -0.4 is 5.32 Å². The van der Waals surface area contributed by atoms with Gasteiger partial charge in [0.1, 0.15) is 0 Å². The molecule has 0 radical (unpaired) electrons. The van der Waals surface area contributed by atoms with Crippen molar-refractivity contribution in [3.05, 3.63) is 29.3 Å². The fourth-order valence-electron chi connectivity index (χ4n) is 3.97. The van der Waals surface area contributed by atoms with Crippen LogP contribution in [0.25, 0.3) is 0 Å². The predicted molar refractivity (Wildman–Crippen MR) is 87.8 cm³/mol. The first-order chi connectivity index (χ1) is 10.1.